The maximum atomic E-state index is 11.9. The summed E-state index contributed by atoms with van der Waals surface area (Å²) >= 11 is 7.50. The minimum atomic E-state index is -0.238. The van der Waals surface area contributed by atoms with E-state index in [1.54, 1.807) is 25.3 Å². The molecule has 0 spiro atoms. The van der Waals surface area contributed by atoms with Gasteiger partial charge in [0.1, 0.15) is 0 Å². The maximum Gasteiger partial charge on any atom is 0.252 e. The highest BCUT2D eigenvalue weighted by molar-refractivity contribution is 9.10. The molecule has 0 aromatic heterocycles. The Morgan fingerprint density at radius 3 is 2.75 bits per heavy atom. The number of rotatable bonds is 7. The highest BCUT2D eigenvalue weighted by atomic mass is 79.9. The summed E-state index contributed by atoms with van der Waals surface area (Å²) in [7, 11) is 1.57. The Hall–Kier alpha value is -1.05. The third-order valence-corrected chi connectivity index (χ3v) is 3.43. The van der Waals surface area contributed by atoms with E-state index < -0.39 is 0 Å². The van der Waals surface area contributed by atoms with Gasteiger partial charge in [-0.3, -0.25) is 9.59 Å². The lowest BCUT2D eigenvalue weighted by molar-refractivity contribution is -0.121. The monoisotopic (exact) mass is 360 g/mol. The predicted molar refractivity (Wildman–Crippen MR) is 83.2 cm³/mol. The fraction of sp³-hybridized carbons (Fsp3) is 0.385. The van der Waals surface area contributed by atoms with Crippen molar-refractivity contribution in [3.05, 3.63) is 28.2 Å². The zero-order chi connectivity index (χ0) is 15.0. The molecule has 2 N–H and O–H groups in total. The lowest BCUT2D eigenvalue weighted by atomic mass is 10.2. The van der Waals surface area contributed by atoms with E-state index in [-0.39, 0.29) is 24.8 Å². The van der Waals surface area contributed by atoms with Crippen molar-refractivity contribution in [2.45, 2.75) is 11.3 Å². The molecule has 0 aliphatic carbocycles. The van der Waals surface area contributed by atoms with Crippen LogP contribution in [0.3, 0.4) is 0 Å². The van der Waals surface area contributed by atoms with E-state index >= 15 is 0 Å². The number of benzene rings is 1. The number of methoxy groups -OCH3 is 1. The first-order chi connectivity index (χ1) is 9.54. The van der Waals surface area contributed by atoms with Crippen LogP contribution in [-0.2, 0) is 9.53 Å². The number of carbonyl (C=O) groups excluding carboxylic acids is 2. The standard InChI is InChI=1S/C13H17BrN2O3S/c1-19-7-6-15-12(17)4-5-16-13(18)10-8-9(20)2-3-11(10)14/h2-3,8,20H,4-7H2,1H3,(H,15,17)(H,16,18). The first-order valence-electron chi connectivity index (χ1n) is 6.07. The van der Waals surface area contributed by atoms with Crippen LogP contribution in [0.25, 0.3) is 0 Å². The van der Waals surface area contributed by atoms with Crippen molar-refractivity contribution in [3.63, 3.8) is 0 Å². The summed E-state index contributed by atoms with van der Waals surface area (Å²) in [5, 5.41) is 5.37. The fourth-order valence-electron chi connectivity index (χ4n) is 1.45. The average Bonchev–Trinajstić information content (AvgIpc) is 2.41. The maximum absolute atomic E-state index is 11.9. The van der Waals surface area contributed by atoms with Gasteiger partial charge in [-0.25, -0.2) is 0 Å². The molecule has 0 radical (unpaired) electrons. The topological polar surface area (TPSA) is 67.4 Å². The molecule has 0 saturated carbocycles. The van der Waals surface area contributed by atoms with Crippen molar-refractivity contribution in [3.8, 4) is 0 Å². The number of ether oxygens (including phenoxy) is 1. The number of hydrogen-bond donors (Lipinski definition) is 3. The molecule has 0 aliphatic rings. The van der Waals surface area contributed by atoms with Crippen LogP contribution in [0.5, 0.6) is 0 Å². The SMILES string of the molecule is COCCNC(=O)CCNC(=O)c1cc(S)ccc1Br. The van der Waals surface area contributed by atoms with Crippen LogP contribution >= 0.6 is 28.6 Å². The molecule has 110 valence electrons. The van der Waals surface area contributed by atoms with Crippen LogP contribution < -0.4 is 10.6 Å². The Morgan fingerprint density at radius 1 is 1.30 bits per heavy atom. The molecule has 0 fully saturated rings. The summed E-state index contributed by atoms with van der Waals surface area (Å²) in [5.41, 5.74) is 0.497. The summed E-state index contributed by atoms with van der Waals surface area (Å²) in [6, 6.07) is 5.21. The van der Waals surface area contributed by atoms with Crippen LogP contribution in [0.1, 0.15) is 16.8 Å². The number of halogens is 1. The smallest absolute Gasteiger partial charge is 0.252 e. The Balaban J connectivity index is 2.36. The largest absolute Gasteiger partial charge is 0.383 e. The van der Waals surface area contributed by atoms with Gasteiger partial charge in [0, 0.05) is 36.0 Å². The molecule has 20 heavy (non-hydrogen) atoms. The van der Waals surface area contributed by atoms with E-state index in [1.165, 1.54) is 0 Å². The van der Waals surface area contributed by atoms with Crippen molar-refractivity contribution in [1.82, 2.24) is 10.6 Å². The molecule has 0 atom stereocenters. The fourth-order valence-corrected chi connectivity index (χ4v) is 2.08. The minimum absolute atomic E-state index is 0.121. The molecule has 0 aliphatic heterocycles. The molecule has 1 rings (SSSR count). The number of thiol groups is 1. The molecule has 1 aromatic carbocycles. The van der Waals surface area contributed by atoms with Gasteiger partial charge in [-0.1, -0.05) is 0 Å². The number of carbonyl (C=O) groups is 2. The Kier molecular flexibility index (Phi) is 7.64. The molecule has 2 amide bonds. The van der Waals surface area contributed by atoms with Gasteiger partial charge in [-0.15, -0.1) is 12.6 Å². The second-order valence-corrected chi connectivity index (χ2v) is 5.38. The summed E-state index contributed by atoms with van der Waals surface area (Å²) in [6.07, 6.45) is 0.230. The molecule has 0 heterocycles. The quantitative estimate of drug-likeness (QED) is 0.511. The van der Waals surface area contributed by atoms with Crippen molar-refractivity contribution in [1.29, 1.82) is 0 Å². The van der Waals surface area contributed by atoms with Gasteiger partial charge in [0.25, 0.3) is 5.91 Å². The van der Waals surface area contributed by atoms with Crippen LogP contribution in [-0.4, -0.2) is 38.6 Å². The molecular formula is C13H17BrN2O3S. The second-order valence-electron chi connectivity index (χ2n) is 4.01. The third-order valence-electron chi connectivity index (χ3n) is 2.46. The predicted octanol–water partition coefficient (Wildman–Crippen LogP) is 1.62. The number of nitrogens with one attached hydrogen (secondary N) is 2. The van der Waals surface area contributed by atoms with E-state index in [9.17, 15) is 9.59 Å². The molecule has 0 saturated heterocycles. The highest BCUT2D eigenvalue weighted by Gasteiger charge is 2.10. The van der Waals surface area contributed by atoms with Crippen molar-refractivity contribution >= 4 is 40.4 Å². The third kappa shape index (κ3) is 5.94. The Labute approximate surface area is 132 Å². The molecule has 5 nitrogen and oxygen atoms in total. The zero-order valence-electron chi connectivity index (χ0n) is 11.1. The van der Waals surface area contributed by atoms with E-state index in [0.717, 1.165) is 0 Å². The van der Waals surface area contributed by atoms with E-state index in [0.29, 0.717) is 28.1 Å². The highest BCUT2D eigenvalue weighted by Crippen LogP contribution is 2.19. The van der Waals surface area contributed by atoms with Gasteiger partial charge in [0.05, 0.1) is 12.2 Å². The summed E-state index contributed by atoms with van der Waals surface area (Å²) < 4.78 is 5.51. The first kappa shape index (κ1) is 17.0. The van der Waals surface area contributed by atoms with Crippen molar-refractivity contribution in [2.24, 2.45) is 0 Å². The average molecular weight is 361 g/mol. The van der Waals surface area contributed by atoms with Gasteiger partial charge in [-0.2, -0.15) is 0 Å². The van der Waals surface area contributed by atoms with Gasteiger partial charge in [0.15, 0.2) is 0 Å². The van der Waals surface area contributed by atoms with Crippen LogP contribution in [0, 0.1) is 0 Å². The summed E-state index contributed by atoms with van der Waals surface area (Å²) in [5.74, 6) is -0.359. The molecular weight excluding hydrogens is 344 g/mol. The van der Waals surface area contributed by atoms with Crippen LogP contribution in [0.2, 0.25) is 0 Å². The lowest BCUT2D eigenvalue weighted by Crippen LogP contribution is -2.32. The molecule has 0 bridgehead atoms. The normalized spacial score (nSPS) is 10.2. The number of amides is 2. The second kappa shape index (κ2) is 8.99. The van der Waals surface area contributed by atoms with Gasteiger partial charge >= 0.3 is 0 Å². The van der Waals surface area contributed by atoms with Gasteiger partial charge in [-0.05, 0) is 34.1 Å². The molecule has 7 heteroatoms. The van der Waals surface area contributed by atoms with E-state index in [1.807, 2.05) is 0 Å². The number of hydrogen-bond acceptors (Lipinski definition) is 4. The van der Waals surface area contributed by atoms with Crippen molar-refractivity contribution < 1.29 is 14.3 Å². The van der Waals surface area contributed by atoms with Crippen molar-refractivity contribution in [2.75, 3.05) is 26.8 Å². The first-order valence-corrected chi connectivity index (χ1v) is 7.31. The molecule has 1 aromatic rings. The molecule has 0 unspecified atom stereocenters. The lowest BCUT2D eigenvalue weighted by Gasteiger charge is -2.08. The van der Waals surface area contributed by atoms with Crippen LogP contribution in [0.4, 0.5) is 0 Å². The van der Waals surface area contributed by atoms with Crippen LogP contribution in [0.15, 0.2) is 27.6 Å². The van der Waals surface area contributed by atoms with E-state index in [2.05, 4.69) is 39.2 Å². The zero-order valence-corrected chi connectivity index (χ0v) is 13.6. The van der Waals surface area contributed by atoms with E-state index in [4.69, 9.17) is 4.74 Å². The summed E-state index contributed by atoms with van der Waals surface area (Å²) in [4.78, 5) is 24.1. The minimum Gasteiger partial charge on any atom is -0.383 e. The Morgan fingerprint density at radius 2 is 2.05 bits per heavy atom. The van der Waals surface area contributed by atoms with Gasteiger partial charge in [0.2, 0.25) is 5.91 Å². The Bertz CT molecular complexity index is 483. The van der Waals surface area contributed by atoms with Gasteiger partial charge < -0.3 is 15.4 Å². The summed E-state index contributed by atoms with van der Waals surface area (Å²) in [6.45, 7) is 1.22.